The van der Waals surface area contributed by atoms with E-state index in [1.165, 1.54) is 20.3 Å². The molecule has 0 saturated carbocycles. The molecule has 6 heteroatoms. The fourth-order valence-electron chi connectivity index (χ4n) is 1.86. The van der Waals surface area contributed by atoms with Gasteiger partial charge in [-0.05, 0) is 36.4 Å². The molecule has 0 saturated heterocycles. The van der Waals surface area contributed by atoms with Gasteiger partial charge in [-0.3, -0.25) is 4.79 Å². The molecule has 5 nitrogen and oxygen atoms in total. The molecule has 0 unspecified atom stereocenters. The molecule has 114 valence electrons. The summed E-state index contributed by atoms with van der Waals surface area (Å²) in [7, 11) is 2.78. The van der Waals surface area contributed by atoms with Gasteiger partial charge in [0.15, 0.2) is 0 Å². The van der Waals surface area contributed by atoms with Gasteiger partial charge in [0.25, 0.3) is 5.91 Å². The van der Waals surface area contributed by atoms with Crippen molar-refractivity contribution in [3.05, 3.63) is 58.1 Å². The van der Waals surface area contributed by atoms with Crippen molar-refractivity contribution in [1.82, 2.24) is 0 Å². The molecule has 0 bridgehead atoms. The largest absolute Gasteiger partial charge is 0.497 e. The Morgan fingerprint density at radius 2 is 1.86 bits per heavy atom. The van der Waals surface area contributed by atoms with Crippen LogP contribution in [0.1, 0.15) is 20.7 Å². The van der Waals surface area contributed by atoms with Crippen LogP contribution in [0, 0.1) is 0 Å². The standard InChI is InChI=1S/C16H14BrNO4/c1-21-12-6-7-14(13(9-12)16(20)22-2)18-15(19)10-4-3-5-11(17)8-10/h3-9H,1-2H3,(H,18,19). The molecule has 2 aromatic carbocycles. The van der Waals surface area contributed by atoms with Crippen LogP contribution in [-0.4, -0.2) is 26.1 Å². The van der Waals surface area contributed by atoms with Crippen molar-refractivity contribution in [1.29, 1.82) is 0 Å². The lowest BCUT2D eigenvalue weighted by atomic mass is 10.1. The fourth-order valence-corrected chi connectivity index (χ4v) is 2.26. The van der Waals surface area contributed by atoms with E-state index in [2.05, 4.69) is 21.2 Å². The highest BCUT2D eigenvalue weighted by molar-refractivity contribution is 9.10. The maximum absolute atomic E-state index is 12.3. The minimum Gasteiger partial charge on any atom is -0.497 e. The van der Waals surface area contributed by atoms with Crippen LogP contribution in [-0.2, 0) is 4.74 Å². The molecular formula is C16H14BrNO4. The van der Waals surface area contributed by atoms with Crippen molar-refractivity contribution >= 4 is 33.5 Å². The lowest BCUT2D eigenvalue weighted by molar-refractivity contribution is 0.0601. The first-order chi connectivity index (χ1) is 10.5. The van der Waals surface area contributed by atoms with Crippen LogP contribution >= 0.6 is 15.9 Å². The number of hydrogen-bond donors (Lipinski definition) is 1. The van der Waals surface area contributed by atoms with Gasteiger partial charge in [0, 0.05) is 10.0 Å². The van der Waals surface area contributed by atoms with Gasteiger partial charge in [-0.15, -0.1) is 0 Å². The monoisotopic (exact) mass is 363 g/mol. The van der Waals surface area contributed by atoms with Crippen molar-refractivity contribution in [2.45, 2.75) is 0 Å². The molecule has 0 heterocycles. The van der Waals surface area contributed by atoms with E-state index >= 15 is 0 Å². The number of esters is 1. The van der Waals surface area contributed by atoms with E-state index in [9.17, 15) is 9.59 Å². The van der Waals surface area contributed by atoms with Crippen LogP contribution in [0.3, 0.4) is 0 Å². The van der Waals surface area contributed by atoms with Crippen molar-refractivity contribution in [2.75, 3.05) is 19.5 Å². The third-order valence-corrected chi connectivity index (χ3v) is 3.46. The average Bonchev–Trinajstić information content (AvgIpc) is 2.54. The number of halogens is 1. The summed E-state index contributed by atoms with van der Waals surface area (Å²) < 4.78 is 10.6. The van der Waals surface area contributed by atoms with E-state index in [0.29, 0.717) is 17.0 Å². The zero-order valence-electron chi connectivity index (χ0n) is 12.1. The first kappa shape index (κ1) is 16.0. The minimum atomic E-state index is -0.552. The summed E-state index contributed by atoms with van der Waals surface area (Å²) in [5.41, 5.74) is 1.06. The van der Waals surface area contributed by atoms with Gasteiger partial charge in [-0.25, -0.2) is 4.79 Å². The summed E-state index contributed by atoms with van der Waals surface area (Å²) in [5, 5.41) is 2.70. The highest BCUT2D eigenvalue weighted by Crippen LogP contribution is 2.24. The number of hydrogen-bond acceptors (Lipinski definition) is 4. The van der Waals surface area contributed by atoms with Gasteiger partial charge in [0.1, 0.15) is 5.75 Å². The molecule has 2 aromatic rings. The molecular weight excluding hydrogens is 350 g/mol. The lowest BCUT2D eigenvalue weighted by Crippen LogP contribution is -2.15. The van der Waals surface area contributed by atoms with Crippen LogP contribution in [0.2, 0.25) is 0 Å². The predicted octanol–water partition coefficient (Wildman–Crippen LogP) is 3.50. The Kier molecular flexibility index (Phi) is 5.16. The van der Waals surface area contributed by atoms with Crippen LogP contribution in [0.5, 0.6) is 5.75 Å². The molecule has 1 N–H and O–H groups in total. The summed E-state index contributed by atoms with van der Waals surface area (Å²) in [5.74, 6) is -0.374. The number of amides is 1. The van der Waals surface area contributed by atoms with Crippen molar-refractivity contribution in [3.8, 4) is 5.75 Å². The molecule has 0 aliphatic carbocycles. The van der Waals surface area contributed by atoms with Gasteiger partial charge in [0.2, 0.25) is 0 Å². The molecule has 0 fully saturated rings. The number of rotatable bonds is 4. The number of anilines is 1. The zero-order chi connectivity index (χ0) is 16.1. The Morgan fingerprint density at radius 3 is 2.50 bits per heavy atom. The maximum atomic E-state index is 12.3. The summed E-state index contributed by atoms with van der Waals surface area (Å²) in [6.07, 6.45) is 0. The minimum absolute atomic E-state index is 0.227. The molecule has 2 rings (SSSR count). The van der Waals surface area contributed by atoms with Crippen molar-refractivity contribution in [2.24, 2.45) is 0 Å². The molecule has 0 atom stereocenters. The van der Waals surface area contributed by atoms with Gasteiger partial charge in [-0.1, -0.05) is 22.0 Å². The van der Waals surface area contributed by atoms with E-state index < -0.39 is 5.97 Å². The number of nitrogens with one attached hydrogen (secondary N) is 1. The molecule has 22 heavy (non-hydrogen) atoms. The molecule has 0 aromatic heterocycles. The summed E-state index contributed by atoms with van der Waals surface area (Å²) in [4.78, 5) is 24.1. The Balaban J connectivity index is 2.32. The number of ether oxygens (including phenoxy) is 2. The van der Waals surface area contributed by atoms with Crippen molar-refractivity contribution < 1.29 is 19.1 Å². The van der Waals surface area contributed by atoms with E-state index in [-0.39, 0.29) is 11.5 Å². The second-order valence-corrected chi connectivity index (χ2v) is 5.28. The normalized spacial score (nSPS) is 9.95. The number of carbonyl (C=O) groups is 2. The van der Waals surface area contributed by atoms with Crippen LogP contribution in [0.4, 0.5) is 5.69 Å². The predicted molar refractivity (Wildman–Crippen MR) is 86.4 cm³/mol. The van der Waals surface area contributed by atoms with Crippen molar-refractivity contribution in [3.63, 3.8) is 0 Å². The molecule has 0 aliphatic heterocycles. The zero-order valence-corrected chi connectivity index (χ0v) is 13.6. The van der Waals surface area contributed by atoms with E-state index in [4.69, 9.17) is 9.47 Å². The molecule has 1 amide bonds. The Labute approximate surface area is 136 Å². The van der Waals surface area contributed by atoms with Crippen LogP contribution < -0.4 is 10.1 Å². The van der Waals surface area contributed by atoms with E-state index in [1.54, 1.807) is 30.3 Å². The maximum Gasteiger partial charge on any atom is 0.340 e. The van der Waals surface area contributed by atoms with E-state index in [1.807, 2.05) is 6.07 Å². The van der Waals surface area contributed by atoms with Gasteiger partial charge < -0.3 is 14.8 Å². The summed E-state index contributed by atoms with van der Waals surface area (Å²) in [6, 6.07) is 11.7. The van der Waals surface area contributed by atoms with E-state index in [0.717, 1.165) is 4.47 Å². The quantitative estimate of drug-likeness (QED) is 0.844. The first-order valence-corrected chi connectivity index (χ1v) is 7.17. The first-order valence-electron chi connectivity index (χ1n) is 6.38. The molecule has 0 aliphatic rings. The third-order valence-electron chi connectivity index (χ3n) is 2.97. The number of benzene rings is 2. The smallest absolute Gasteiger partial charge is 0.340 e. The van der Waals surface area contributed by atoms with Gasteiger partial charge in [0.05, 0.1) is 25.5 Å². The Bertz CT molecular complexity index is 715. The topological polar surface area (TPSA) is 64.6 Å². The highest BCUT2D eigenvalue weighted by Gasteiger charge is 2.16. The number of carbonyl (C=O) groups excluding carboxylic acids is 2. The SMILES string of the molecule is COC(=O)c1cc(OC)ccc1NC(=O)c1cccc(Br)c1. The third kappa shape index (κ3) is 3.65. The second-order valence-electron chi connectivity index (χ2n) is 4.37. The Hall–Kier alpha value is -2.34. The van der Waals surface area contributed by atoms with Gasteiger partial charge >= 0.3 is 5.97 Å². The molecule has 0 radical (unpaired) electrons. The molecule has 0 spiro atoms. The number of methoxy groups -OCH3 is 2. The van der Waals surface area contributed by atoms with Crippen LogP contribution in [0.15, 0.2) is 46.9 Å². The highest BCUT2D eigenvalue weighted by atomic mass is 79.9. The van der Waals surface area contributed by atoms with Gasteiger partial charge in [-0.2, -0.15) is 0 Å². The average molecular weight is 364 g/mol. The second kappa shape index (κ2) is 7.09. The summed E-state index contributed by atoms with van der Waals surface area (Å²) >= 11 is 3.31. The fraction of sp³-hybridized carbons (Fsp3) is 0.125. The summed E-state index contributed by atoms with van der Waals surface area (Å²) in [6.45, 7) is 0. The lowest BCUT2D eigenvalue weighted by Gasteiger charge is -2.11. The Morgan fingerprint density at radius 1 is 1.09 bits per heavy atom. The van der Waals surface area contributed by atoms with Crippen LogP contribution in [0.25, 0.3) is 0 Å².